The van der Waals surface area contributed by atoms with Crippen molar-refractivity contribution < 1.29 is 0 Å². The lowest BCUT2D eigenvalue weighted by Crippen LogP contribution is -2.48. The second-order valence-corrected chi connectivity index (χ2v) is 13.8. The first-order valence-electron chi connectivity index (χ1n) is 14.8. The Morgan fingerprint density at radius 3 is 1.39 bits per heavy atom. The Balaban J connectivity index is 1.17. The van der Waals surface area contributed by atoms with Crippen molar-refractivity contribution in [3.05, 3.63) is 108 Å². The first-order valence-corrected chi connectivity index (χ1v) is 14.8. The van der Waals surface area contributed by atoms with Crippen molar-refractivity contribution in [2.75, 3.05) is 0 Å². The first-order chi connectivity index (χ1) is 18.3. The highest BCUT2D eigenvalue weighted by molar-refractivity contribution is 5.76. The summed E-state index contributed by atoms with van der Waals surface area (Å²) in [5.41, 5.74) is 11.3. The minimum absolute atomic E-state index is 0.0952. The van der Waals surface area contributed by atoms with Crippen LogP contribution in [0.1, 0.15) is 70.4 Å². The molecule has 0 heteroatoms. The maximum atomic E-state index is 2.47. The lowest BCUT2D eigenvalue weighted by Gasteiger charge is -2.57. The molecule has 192 valence electrons. The number of benzene rings is 4. The van der Waals surface area contributed by atoms with Crippen LogP contribution in [0.4, 0.5) is 0 Å². The van der Waals surface area contributed by atoms with Gasteiger partial charge in [0.1, 0.15) is 0 Å². The molecule has 4 aliphatic rings. The largest absolute Gasteiger partial charge is 0.0622 e. The molecule has 0 radical (unpaired) electrons. The molecular weight excluding hydrogens is 456 g/mol. The van der Waals surface area contributed by atoms with E-state index in [1.54, 1.807) is 5.56 Å². The molecule has 4 bridgehead atoms. The normalized spacial score (nSPS) is 26.0. The summed E-state index contributed by atoms with van der Waals surface area (Å²) in [6.07, 6.45) is 8.84. The van der Waals surface area contributed by atoms with Crippen molar-refractivity contribution >= 4 is 0 Å². The predicted octanol–water partition coefficient (Wildman–Crippen LogP) is 10.5. The molecule has 38 heavy (non-hydrogen) atoms. The van der Waals surface area contributed by atoms with Gasteiger partial charge in [-0.15, -0.1) is 0 Å². The zero-order valence-corrected chi connectivity index (χ0v) is 23.2. The van der Waals surface area contributed by atoms with Crippen LogP contribution < -0.4 is 0 Å². The van der Waals surface area contributed by atoms with Crippen molar-refractivity contribution in [1.29, 1.82) is 0 Å². The van der Waals surface area contributed by atoms with E-state index in [0.717, 1.165) is 17.8 Å². The van der Waals surface area contributed by atoms with Gasteiger partial charge in [-0.25, -0.2) is 0 Å². The van der Waals surface area contributed by atoms with E-state index in [1.807, 2.05) is 0 Å². The van der Waals surface area contributed by atoms with Crippen LogP contribution in [0.2, 0.25) is 0 Å². The predicted molar refractivity (Wildman–Crippen MR) is 161 cm³/mol. The fraction of sp³-hybridized carbons (Fsp3) is 0.368. The molecule has 0 N–H and O–H groups in total. The smallest absolute Gasteiger partial charge is 0.00391 e. The van der Waals surface area contributed by atoms with E-state index < -0.39 is 0 Å². The molecule has 4 saturated carbocycles. The molecule has 0 unspecified atom stereocenters. The third-order valence-corrected chi connectivity index (χ3v) is 9.99. The second kappa shape index (κ2) is 8.98. The molecule has 4 aliphatic carbocycles. The highest BCUT2D eigenvalue weighted by atomic mass is 14.6. The quantitative estimate of drug-likeness (QED) is 0.263. The summed E-state index contributed by atoms with van der Waals surface area (Å²) < 4.78 is 0. The second-order valence-electron chi connectivity index (χ2n) is 13.8. The average Bonchev–Trinajstić information content (AvgIpc) is 2.92. The van der Waals surface area contributed by atoms with E-state index in [0.29, 0.717) is 5.41 Å². The summed E-state index contributed by atoms with van der Waals surface area (Å²) in [6, 6.07) is 36.8. The van der Waals surface area contributed by atoms with Gasteiger partial charge < -0.3 is 0 Å². The molecule has 0 nitrogen and oxygen atoms in total. The number of hydrogen-bond donors (Lipinski definition) is 0. The van der Waals surface area contributed by atoms with Crippen LogP contribution in [0.15, 0.2) is 97.1 Å². The van der Waals surface area contributed by atoms with Crippen LogP contribution in [0.5, 0.6) is 0 Å². The van der Waals surface area contributed by atoms with Gasteiger partial charge in [0, 0.05) is 0 Å². The zero-order valence-electron chi connectivity index (χ0n) is 23.2. The monoisotopic (exact) mass is 496 g/mol. The lowest BCUT2D eigenvalue weighted by atomic mass is 9.48. The Morgan fingerprint density at radius 1 is 0.500 bits per heavy atom. The fourth-order valence-corrected chi connectivity index (χ4v) is 8.36. The highest BCUT2D eigenvalue weighted by Gasteiger charge is 2.51. The summed E-state index contributed by atoms with van der Waals surface area (Å²) >= 11 is 0. The molecule has 4 fully saturated rings. The Bertz CT molecular complexity index is 1400. The van der Waals surface area contributed by atoms with Gasteiger partial charge in [0.05, 0.1) is 0 Å². The van der Waals surface area contributed by atoms with E-state index in [2.05, 4.69) is 118 Å². The maximum Gasteiger partial charge on any atom is -0.00391 e. The first kappa shape index (κ1) is 24.0. The van der Waals surface area contributed by atoms with Gasteiger partial charge in [-0.05, 0) is 118 Å². The molecule has 0 spiro atoms. The summed E-state index contributed by atoms with van der Waals surface area (Å²) in [7, 11) is 0. The third kappa shape index (κ3) is 4.33. The van der Waals surface area contributed by atoms with Crippen LogP contribution in [-0.2, 0) is 10.8 Å². The van der Waals surface area contributed by atoms with Gasteiger partial charge in [0.25, 0.3) is 0 Å². The lowest BCUT2D eigenvalue weighted by molar-refractivity contribution is -0.00518. The third-order valence-electron chi connectivity index (χ3n) is 9.99. The van der Waals surface area contributed by atoms with Crippen molar-refractivity contribution in [3.8, 4) is 33.4 Å². The fourth-order valence-electron chi connectivity index (χ4n) is 8.36. The summed E-state index contributed by atoms with van der Waals surface area (Å²) in [5, 5.41) is 0. The Morgan fingerprint density at radius 2 is 0.921 bits per heavy atom. The molecule has 0 atom stereocenters. The molecule has 4 aromatic carbocycles. The Kier molecular flexibility index (Phi) is 5.66. The Hall–Kier alpha value is -3.12. The summed E-state index contributed by atoms with van der Waals surface area (Å²) in [4.78, 5) is 0. The topological polar surface area (TPSA) is 0 Å². The van der Waals surface area contributed by atoms with Crippen LogP contribution in [-0.4, -0.2) is 0 Å². The van der Waals surface area contributed by atoms with Crippen molar-refractivity contribution in [3.63, 3.8) is 0 Å². The minimum atomic E-state index is 0.0952. The number of hydrogen-bond acceptors (Lipinski definition) is 0. The van der Waals surface area contributed by atoms with Crippen LogP contribution in [0.3, 0.4) is 0 Å². The molecule has 0 amide bonds. The Labute approximate surface area is 229 Å². The molecular formula is C38H40. The molecule has 8 rings (SSSR count). The molecule has 0 aromatic heterocycles. The van der Waals surface area contributed by atoms with Gasteiger partial charge in [-0.3, -0.25) is 0 Å². The van der Waals surface area contributed by atoms with Crippen LogP contribution in [0, 0.1) is 17.8 Å². The van der Waals surface area contributed by atoms with E-state index in [4.69, 9.17) is 0 Å². The van der Waals surface area contributed by atoms with Crippen molar-refractivity contribution in [2.24, 2.45) is 17.8 Å². The van der Waals surface area contributed by atoms with E-state index >= 15 is 0 Å². The minimum Gasteiger partial charge on any atom is -0.0622 e. The molecule has 0 saturated heterocycles. The van der Waals surface area contributed by atoms with E-state index in [9.17, 15) is 0 Å². The summed E-state index contributed by atoms with van der Waals surface area (Å²) in [6.45, 7) is 6.91. The zero-order chi connectivity index (χ0) is 25.9. The molecule has 4 aromatic rings. The van der Waals surface area contributed by atoms with Crippen LogP contribution in [0.25, 0.3) is 33.4 Å². The van der Waals surface area contributed by atoms with Gasteiger partial charge in [-0.2, -0.15) is 0 Å². The van der Waals surface area contributed by atoms with Crippen molar-refractivity contribution in [1.82, 2.24) is 0 Å². The maximum absolute atomic E-state index is 2.47. The molecule has 0 aliphatic heterocycles. The SMILES string of the molecule is CC(C)(C)c1cc(-c2ccccc2)cc(-c2ccc(-c3ccc(C45CC6CC(CC(C6)C4)C5)cc3)cc2)c1. The highest BCUT2D eigenvalue weighted by Crippen LogP contribution is 2.60. The van der Waals surface area contributed by atoms with Gasteiger partial charge >= 0.3 is 0 Å². The number of rotatable bonds is 4. The van der Waals surface area contributed by atoms with Crippen molar-refractivity contribution in [2.45, 2.75) is 70.1 Å². The average molecular weight is 497 g/mol. The van der Waals surface area contributed by atoms with Crippen LogP contribution >= 0.6 is 0 Å². The standard InChI is InChI=1S/C38H40/c1-37(2,3)36-21-33(29-7-5-4-6-8-29)20-34(22-36)32-11-9-30(10-12-32)31-13-15-35(16-14-31)38-23-26-17-27(24-38)19-28(18-26)25-38/h4-16,20-22,26-28H,17-19,23-25H2,1-3H3. The molecule has 0 heterocycles. The summed E-state index contributed by atoms with van der Waals surface area (Å²) in [5.74, 6) is 2.98. The van der Waals surface area contributed by atoms with Gasteiger partial charge in [0.2, 0.25) is 0 Å². The van der Waals surface area contributed by atoms with Gasteiger partial charge in [-0.1, -0.05) is 112 Å². The van der Waals surface area contributed by atoms with Gasteiger partial charge in [0.15, 0.2) is 0 Å². The van der Waals surface area contributed by atoms with E-state index in [-0.39, 0.29) is 5.41 Å². The van der Waals surface area contributed by atoms with E-state index in [1.165, 1.54) is 77.5 Å².